The van der Waals surface area contributed by atoms with Crippen molar-refractivity contribution in [3.8, 4) is 16.1 Å². The van der Waals surface area contributed by atoms with E-state index in [2.05, 4.69) is 31.6 Å². The number of carbonyl (C=O) groups is 2. The van der Waals surface area contributed by atoms with Crippen LogP contribution in [-0.4, -0.2) is 56.2 Å². The molecule has 0 unspecified atom stereocenters. The van der Waals surface area contributed by atoms with E-state index in [4.69, 9.17) is 4.74 Å². The first-order valence-electron chi connectivity index (χ1n) is 13.8. The number of carbonyl (C=O) groups excluding carboxylic acids is 2. The highest BCUT2D eigenvalue weighted by Crippen LogP contribution is 2.27. The monoisotopic (exact) mass is 572 g/mol. The molecule has 2 amide bonds. The maximum Gasteiger partial charge on any atom is 0.407 e. The van der Waals surface area contributed by atoms with Crippen molar-refractivity contribution in [2.24, 2.45) is 0 Å². The van der Waals surface area contributed by atoms with Crippen molar-refractivity contribution in [1.29, 1.82) is 0 Å². The van der Waals surface area contributed by atoms with Gasteiger partial charge in [-0.3, -0.25) is 9.69 Å². The maximum atomic E-state index is 13.2. The van der Waals surface area contributed by atoms with Crippen LogP contribution in [0.5, 0.6) is 0 Å². The highest BCUT2D eigenvalue weighted by molar-refractivity contribution is 7.17. The van der Waals surface area contributed by atoms with E-state index in [1.54, 1.807) is 12.5 Å². The van der Waals surface area contributed by atoms with Crippen LogP contribution in [0.2, 0.25) is 0 Å². The highest BCUT2D eigenvalue weighted by atomic mass is 32.1. The summed E-state index contributed by atoms with van der Waals surface area (Å²) in [7, 11) is 0. The smallest absolute Gasteiger partial charge is 0.407 e. The first-order valence-corrected chi connectivity index (χ1v) is 14.6. The number of nitrogens with one attached hydrogen (secondary N) is 2. The second-order valence-electron chi connectivity index (χ2n) is 11.4. The van der Waals surface area contributed by atoms with Gasteiger partial charge in [-0.05, 0) is 76.4 Å². The number of rotatable bonds is 7. The quantitative estimate of drug-likeness (QED) is 0.280. The Balaban J connectivity index is 1.32. The van der Waals surface area contributed by atoms with Gasteiger partial charge in [-0.25, -0.2) is 14.8 Å². The maximum absolute atomic E-state index is 13.2. The zero-order valence-electron chi connectivity index (χ0n) is 23.9. The molecule has 2 N–H and O–H groups in total. The van der Waals surface area contributed by atoms with Gasteiger partial charge in [-0.15, -0.1) is 11.3 Å². The van der Waals surface area contributed by atoms with E-state index in [1.165, 1.54) is 11.3 Å². The number of likely N-dealkylation sites (tertiary alicyclic amines) is 1. The lowest BCUT2D eigenvalue weighted by Crippen LogP contribution is -2.48. The van der Waals surface area contributed by atoms with Crippen LogP contribution in [0.25, 0.3) is 16.1 Å². The Morgan fingerprint density at radius 1 is 1.12 bits per heavy atom. The molecule has 3 heterocycles. The molecule has 41 heavy (non-hydrogen) atoms. The fourth-order valence-electron chi connectivity index (χ4n) is 4.90. The second-order valence-corrected chi connectivity index (χ2v) is 12.4. The zero-order chi connectivity index (χ0) is 29.0. The molecule has 5 rings (SSSR count). The van der Waals surface area contributed by atoms with E-state index in [-0.39, 0.29) is 18.0 Å². The lowest BCUT2D eigenvalue weighted by atomic mass is 10.0. The number of imidazole rings is 1. The van der Waals surface area contributed by atoms with E-state index in [1.807, 2.05) is 80.9 Å². The molecule has 4 aromatic rings. The van der Waals surface area contributed by atoms with Crippen LogP contribution in [0.15, 0.2) is 67.3 Å². The summed E-state index contributed by atoms with van der Waals surface area (Å²) in [5.74, 6) is -0.248. The van der Waals surface area contributed by atoms with Crippen LogP contribution in [-0.2, 0) is 11.3 Å². The number of aryl methyl sites for hydroxylation is 1. The van der Waals surface area contributed by atoms with E-state index in [0.29, 0.717) is 17.2 Å². The molecule has 10 heteroatoms. The fraction of sp³-hybridized carbons (Fsp3) is 0.355. The molecule has 1 aliphatic rings. The summed E-state index contributed by atoms with van der Waals surface area (Å²) in [6.07, 6.45) is 6.96. The third-order valence-electron chi connectivity index (χ3n) is 6.64. The predicted molar refractivity (Wildman–Crippen MR) is 161 cm³/mol. The van der Waals surface area contributed by atoms with Crippen molar-refractivity contribution in [3.63, 3.8) is 0 Å². The van der Waals surface area contributed by atoms with Gasteiger partial charge >= 0.3 is 6.09 Å². The summed E-state index contributed by atoms with van der Waals surface area (Å²) < 4.78 is 7.41. The number of anilines is 1. The van der Waals surface area contributed by atoms with Gasteiger partial charge in [0.2, 0.25) is 0 Å². The summed E-state index contributed by atoms with van der Waals surface area (Å²) >= 11 is 1.37. The third kappa shape index (κ3) is 7.80. The van der Waals surface area contributed by atoms with Crippen LogP contribution in [0, 0.1) is 6.92 Å². The molecule has 0 bridgehead atoms. The molecule has 9 nitrogen and oxygen atoms in total. The van der Waals surface area contributed by atoms with Crippen LogP contribution >= 0.6 is 11.3 Å². The van der Waals surface area contributed by atoms with Gasteiger partial charge < -0.3 is 19.9 Å². The minimum Gasteiger partial charge on any atom is -0.444 e. The number of piperidine rings is 1. The number of aromatic nitrogens is 3. The Hall–Kier alpha value is -4.02. The van der Waals surface area contributed by atoms with Crippen molar-refractivity contribution >= 4 is 29.0 Å². The summed E-state index contributed by atoms with van der Waals surface area (Å²) in [6.45, 7) is 9.85. The van der Waals surface area contributed by atoms with Crippen LogP contribution in [0.4, 0.5) is 10.5 Å². The van der Waals surface area contributed by atoms with E-state index in [0.717, 1.165) is 53.3 Å². The zero-order valence-corrected chi connectivity index (χ0v) is 24.7. The number of thiazole rings is 1. The SMILES string of the molecule is Cc1cn(-c2cc(CN3CCC[C@H](NC(=O)OC(C)(C)C)C3)cc(NC(=O)c3ncc(-c4ccccc4)s3)c2)cn1. The molecule has 1 saturated heterocycles. The topological polar surface area (TPSA) is 101 Å². The number of nitrogens with zero attached hydrogens (tertiary/aromatic N) is 4. The normalized spacial score (nSPS) is 15.9. The van der Waals surface area contributed by atoms with Crippen molar-refractivity contribution in [2.45, 2.75) is 58.7 Å². The Morgan fingerprint density at radius 3 is 2.66 bits per heavy atom. The van der Waals surface area contributed by atoms with Crippen molar-refractivity contribution < 1.29 is 14.3 Å². The van der Waals surface area contributed by atoms with Gasteiger partial charge in [-0.1, -0.05) is 30.3 Å². The predicted octanol–water partition coefficient (Wildman–Crippen LogP) is 6.05. The average molecular weight is 573 g/mol. The molecule has 2 aromatic carbocycles. The molecule has 0 saturated carbocycles. The number of benzene rings is 2. The fourth-order valence-corrected chi connectivity index (χ4v) is 5.71. The Bertz CT molecular complexity index is 1510. The summed E-state index contributed by atoms with van der Waals surface area (Å²) in [4.78, 5) is 37.6. The minimum absolute atomic E-state index is 0.0148. The molecule has 0 aliphatic carbocycles. The summed E-state index contributed by atoms with van der Waals surface area (Å²) in [6, 6.07) is 16.0. The van der Waals surface area contributed by atoms with Crippen LogP contribution in [0.1, 0.15) is 54.7 Å². The highest BCUT2D eigenvalue weighted by Gasteiger charge is 2.24. The number of hydrogen-bond donors (Lipinski definition) is 2. The Kier molecular flexibility index (Phi) is 8.51. The number of ether oxygens (including phenoxy) is 1. The molecule has 1 atom stereocenters. The van der Waals surface area contributed by atoms with Crippen molar-refractivity contribution in [1.82, 2.24) is 24.8 Å². The molecule has 0 spiro atoms. The van der Waals surface area contributed by atoms with Gasteiger partial charge in [0.1, 0.15) is 5.60 Å². The number of amides is 2. The third-order valence-corrected chi connectivity index (χ3v) is 7.68. The Labute approximate surface area is 244 Å². The number of hydrogen-bond acceptors (Lipinski definition) is 7. The Morgan fingerprint density at radius 2 is 1.93 bits per heavy atom. The molecule has 2 aromatic heterocycles. The van der Waals surface area contributed by atoms with E-state index >= 15 is 0 Å². The van der Waals surface area contributed by atoms with Crippen molar-refractivity contribution in [3.05, 3.63) is 83.5 Å². The molecular formula is C31H36N6O3S. The second kappa shape index (κ2) is 12.2. The first kappa shape index (κ1) is 28.5. The number of alkyl carbamates (subject to hydrolysis) is 1. The van der Waals surface area contributed by atoms with E-state index < -0.39 is 5.60 Å². The summed E-state index contributed by atoms with van der Waals surface area (Å²) in [5.41, 5.74) is 4.04. The largest absolute Gasteiger partial charge is 0.444 e. The van der Waals surface area contributed by atoms with Gasteiger partial charge in [0.15, 0.2) is 5.01 Å². The summed E-state index contributed by atoms with van der Waals surface area (Å²) in [5, 5.41) is 6.48. The molecule has 1 fully saturated rings. The van der Waals surface area contributed by atoms with Gasteiger partial charge in [0.25, 0.3) is 5.91 Å². The van der Waals surface area contributed by atoms with Crippen molar-refractivity contribution in [2.75, 3.05) is 18.4 Å². The minimum atomic E-state index is -0.535. The van der Waals surface area contributed by atoms with Crippen LogP contribution in [0.3, 0.4) is 0 Å². The molecular weight excluding hydrogens is 536 g/mol. The van der Waals surface area contributed by atoms with Gasteiger partial charge in [0.05, 0.1) is 16.9 Å². The molecule has 214 valence electrons. The lowest BCUT2D eigenvalue weighted by Gasteiger charge is -2.33. The molecule has 0 radical (unpaired) electrons. The lowest BCUT2D eigenvalue weighted by molar-refractivity contribution is 0.0470. The standard InChI is InChI=1S/C31H36N6O3S/c1-21-17-37(20-33-21)26-14-22(18-36-12-8-11-24(19-36)35-30(39)40-31(2,3)4)13-25(15-26)34-28(38)29-32-16-27(41-29)23-9-6-5-7-10-23/h5-7,9-10,13-17,20,24H,8,11-12,18-19H2,1-4H3,(H,34,38)(H,35,39)/t24-/m0/s1. The average Bonchev–Trinajstić information content (AvgIpc) is 3.58. The van der Waals surface area contributed by atoms with E-state index in [9.17, 15) is 9.59 Å². The van der Waals surface area contributed by atoms with Crippen LogP contribution < -0.4 is 10.6 Å². The van der Waals surface area contributed by atoms with Gasteiger partial charge in [0, 0.05) is 42.9 Å². The first-order chi connectivity index (χ1) is 19.6. The molecule has 1 aliphatic heterocycles. The van der Waals surface area contributed by atoms with Gasteiger partial charge in [-0.2, -0.15) is 0 Å².